The molecular formula is C14H25NO3. The maximum Gasteiger partial charge on any atom is 0.175 e. The highest BCUT2D eigenvalue weighted by atomic mass is 16.7. The molecule has 4 heteroatoms. The van der Waals surface area contributed by atoms with Gasteiger partial charge in [-0.2, -0.15) is 0 Å². The molecule has 0 aliphatic rings. The summed E-state index contributed by atoms with van der Waals surface area (Å²) < 4.78 is 13.0. The van der Waals surface area contributed by atoms with E-state index in [1.807, 2.05) is 50.7 Å². The van der Waals surface area contributed by atoms with Gasteiger partial charge in [0.2, 0.25) is 0 Å². The Hall–Kier alpha value is -0.840. The summed E-state index contributed by atoms with van der Waals surface area (Å²) >= 11 is 0. The minimum absolute atomic E-state index is 0.218. The largest absolute Gasteiger partial charge is 0.388 e. The third-order valence-corrected chi connectivity index (χ3v) is 2.81. The van der Waals surface area contributed by atoms with Crippen molar-refractivity contribution >= 4 is 0 Å². The Morgan fingerprint density at radius 2 is 1.83 bits per heavy atom. The highest BCUT2D eigenvalue weighted by Crippen LogP contribution is 2.21. The second-order valence-corrected chi connectivity index (χ2v) is 4.67. The number of aliphatic hydroxyl groups is 1. The molecule has 0 aromatic carbocycles. The number of nitrogens with zero attached hydrogens (tertiary/aromatic N) is 1. The Morgan fingerprint density at radius 3 is 2.33 bits per heavy atom. The maximum absolute atomic E-state index is 9.98. The van der Waals surface area contributed by atoms with Gasteiger partial charge in [-0.05, 0) is 31.4 Å². The van der Waals surface area contributed by atoms with Gasteiger partial charge in [0.05, 0.1) is 12.6 Å². The van der Waals surface area contributed by atoms with Crippen molar-refractivity contribution in [2.24, 2.45) is 5.92 Å². The average molecular weight is 255 g/mol. The summed E-state index contributed by atoms with van der Waals surface area (Å²) in [6, 6.07) is 1.94. The summed E-state index contributed by atoms with van der Waals surface area (Å²) in [6.45, 7) is 9.83. The van der Waals surface area contributed by atoms with E-state index < -0.39 is 6.10 Å². The molecule has 18 heavy (non-hydrogen) atoms. The number of ether oxygens (including phenoxy) is 2. The van der Waals surface area contributed by atoms with Crippen LogP contribution in [0.5, 0.6) is 0 Å². The lowest BCUT2D eigenvalue weighted by Crippen LogP contribution is -2.23. The van der Waals surface area contributed by atoms with Crippen LogP contribution in [0.2, 0.25) is 0 Å². The van der Waals surface area contributed by atoms with E-state index in [0.717, 1.165) is 5.56 Å². The average Bonchev–Trinajstić information content (AvgIpc) is 2.77. The Kier molecular flexibility index (Phi) is 6.39. The fourth-order valence-corrected chi connectivity index (χ4v) is 1.83. The van der Waals surface area contributed by atoms with E-state index in [1.54, 1.807) is 0 Å². The van der Waals surface area contributed by atoms with Gasteiger partial charge in [-0.3, -0.25) is 0 Å². The number of rotatable bonds is 8. The number of hydrogen-bond acceptors (Lipinski definition) is 3. The summed E-state index contributed by atoms with van der Waals surface area (Å²) in [5.74, 6) is 0.218. The van der Waals surface area contributed by atoms with Gasteiger partial charge < -0.3 is 19.1 Å². The molecule has 0 fully saturated rings. The second-order valence-electron chi connectivity index (χ2n) is 4.67. The van der Waals surface area contributed by atoms with Gasteiger partial charge in [-0.25, -0.2) is 0 Å². The van der Waals surface area contributed by atoms with E-state index in [-0.39, 0.29) is 12.2 Å². The van der Waals surface area contributed by atoms with Crippen molar-refractivity contribution in [1.29, 1.82) is 0 Å². The van der Waals surface area contributed by atoms with Crippen molar-refractivity contribution < 1.29 is 14.6 Å². The van der Waals surface area contributed by atoms with E-state index in [9.17, 15) is 5.11 Å². The fourth-order valence-electron chi connectivity index (χ4n) is 1.83. The summed E-state index contributed by atoms with van der Waals surface area (Å²) in [5, 5.41) is 9.98. The van der Waals surface area contributed by atoms with Crippen LogP contribution in [0.3, 0.4) is 0 Å². The van der Waals surface area contributed by atoms with E-state index in [1.165, 1.54) is 0 Å². The van der Waals surface area contributed by atoms with E-state index >= 15 is 0 Å². The third-order valence-electron chi connectivity index (χ3n) is 2.81. The quantitative estimate of drug-likeness (QED) is 0.726. The molecular weight excluding hydrogens is 230 g/mol. The summed E-state index contributed by atoms with van der Waals surface area (Å²) in [4.78, 5) is 0. The van der Waals surface area contributed by atoms with Gasteiger partial charge in [-0.1, -0.05) is 13.8 Å². The lowest BCUT2D eigenvalue weighted by atomic mass is 10.0. The predicted octanol–water partition coefficient (Wildman–Crippen LogP) is 2.58. The Labute approximate surface area is 110 Å². The Morgan fingerprint density at radius 1 is 1.22 bits per heavy atom. The molecule has 0 radical (unpaired) electrons. The molecule has 0 saturated carbocycles. The van der Waals surface area contributed by atoms with Crippen LogP contribution in [0.15, 0.2) is 18.5 Å². The van der Waals surface area contributed by atoms with Crippen molar-refractivity contribution in [2.45, 2.75) is 46.6 Å². The number of aromatic nitrogens is 1. The van der Waals surface area contributed by atoms with Gasteiger partial charge in [0.15, 0.2) is 6.29 Å². The molecule has 1 aromatic rings. The van der Waals surface area contributed by atoms with E-state index in [2.05, 4.69) is 0 Å². The third kappa shape index (κ3) is 4.44. The van der Waals surface area contributed by atoms with Gasteiger partial charge in [-0.15, -0.1) is 0 Å². The van der Waals surface area contributed by atoms with Gasteiger partial charge in [0.25, 0.3) is 0 Å². The van der Waals surface area contributed by atoms with Crippen LogP contribution < -0.4 is 0 Å². The number of hydrogen-bond donors (Lipinski definition) is 1. The summed E-state index contributed by atoms with van der Waals surface area (Å²) in [6.07, 6.45) is 3.27. The molecule has 1 N–H and O–H groups in total. The van der Waals surface area contributed by atoms with E-state index in [4.69, 9.17) is 9.47 Å². The molecule has 0 amide bonds. The van der Waals surface area contributed by atoms with Crippen LogP contribution in [0, 0.1) is 5.92 Å². The van der Waals surface area contributed by atoms with E-state index in [0.29, 0.717) is 19.8 Å². The first kappa shape index (κ1) is 15.2. The molecule has 0 aliphatic heterocycles. The van der Waals surface area contributed by atoms with Gasteiger partial charge in [0.1, 0.15) is 0 Å². The highest BCUT2D eigenvalue weighted by Gasteiger charge is 2.14. The van der Waals surface area contributed by atoms with Crippen molar-refractivity contribution in [3.8, 4) is 0 Å². The Bertz CT molecular complexity index is 330. The molecule has 0 aliphatic carbocycles. The minimum atomic E-state index is -0.413. The zero-order valence-corrected chi connectivity index (χ0v) is 11.8. The van der Waals surface area contributed by atoms with Crippen LogP contribution in [0.1, 0.15) is 39.4 Å². The molecule has 0 bridgehead atoms. The lowest BCUT2D eigenvalue weighted by Gasteiger charge is -2.17. The van der Waals surface area contributed by atoms with Crippen molar-refractivity contribution in [1.82, 2.24) is 4.57 Å². The molecule has 1 atom stereocenters. The normalized spacial score (nSPS) is 13.5. The maximum atomic E-state index is 9.98. The summed E-state index contributed by atoms with van der Waals surface area (Å²) in [7, 11) is 0. The first-order valence-electron chi connectivity index (χ1n) is 6.65. The Balaban J connectivity index is 2.61. The van der Waals surface area contributed by atoms with Crippen LogP contribution in [-0.4, -0.2) is 29.2 Å². The highest BCUT2D eigenvalue weighted by molar-refractivity contribution is 5.14. The molecule has 4 nitrogen and oxygen atoms in total. The fraction of sp³-hybridized carbons (Fsp3) is 0.714. The molecule has 0 spiro atoms. The predicted molar refractivity (Wildman–Crippen MR) is 71.3 cm³/mol. The zero-order valence-electron chi connectivity index (χ0n) is 11.8. The SMILES string of the molecule is CCOC(Cn1ccc(C(O)C(C)C)c1)OCC. The first-order chi connectivity index (χ1) is 8.58. The first-order valence-corrected chi connectivity index (χ1v) is 6.65. The van der Waals surface area contributed by atoms with Crippen LogP contribution >= 0.6 is 0 Å². The summed E-state index contributed by atoms with van der Waals surface area (Å²) in [5.41, 5.74) is 0.941. The van der Waals surface area contributed by atoms with Crippen molar-refractivity contribution in [3.63, 3.8) is 0 Å². The van der Waals surface area contributed by atoms with Gasteiger partial charge >= 0.3 is 0 Å². The number of aliphatic hydroxyl groups excluding tert-OH is 1. The minimum Gasteiger partial charge on any atom is -0.388 e. The monoisotopic (exact) mass is 255 g/mol. The van der Waals surface area contributed by atoms with Crippen LogP contribution in [-0.2, 0) is 16.0 Å². The topological polar surface area (TPSA) is 43.6 Å². The lowest BCUT2D eigenvalue weighted by molar-refractivity contribution is -0.143. The molecule has 1 rings (SSSR count). The molecule has 0 saturated heterocycles. The standard InChI is InChI=1S/C14H25NO3/c1-5-17-13(18-6-2)10-15-8-7-12(9-15)14(16)11(3)4/h7-9,11,13-14,16H,5-6,10H2,1-4H3. The van der Waals surface area contributed by atoms with Gasteiger partial charge in [0, 0.05) is 25.6 Å². The molecule has 1 unspecified atom stereocenters. The molecule has 1 aromatic heterocycles. The van der Waals surface area contributed by atoms with Crippen molar-refractivity contribution in [2.75, 3.05) is 13.2 Å². The smallest absolute Gasteiger partial charge is 0.175 e. The molecule has 1 heterocycles. The zero-order chi connectivity index (χ0) is 13.5. The van der Waals surface area contributed by atoms with Crippen molar-refractivity contribution in [3.05, 3.63) is 24.0 Å². The second kappa shape index (κ2) is 7.56. The molecule has 104 valence electrons. The van der Waals surface area contributed by atoms with Crippen LogP contribution in [0.4, 0.5) is 0 Å². The van der Waals surface area contributed by atoms with Crippen LogP contribution in [0.25, 0.3) is 0 Å².